The summed E-state index contributed by atoms with van der Waals surface area (Å²) < 4.78 is -0.584. The van der Waals surface area contributed by atoms with Crippen LogP contribution >= 0.6 is 11.8 Å². The fourth-order valence-electron chi connectivity index (χ4n) is 2.20. The zero-order valence-electron chi connectivity index (χ0n) is 9.19. The molecule has 1 fully saturated rings. The molecule has 86 valence electrons. The molecular weight excluding hydrogens is 220 g/mol. The molecule has 1 aromatic rings. The third kappa shape index (κ3) is 2.40. The summed E-state index contributed by atoms with van der Waals surface area (Å²) in [6, 6.07) is 9.85. The maximum atomic E-state index is 11.5. The van der Waals surface area contributed by atoms with Crippen molar-refractivity contribution in [1.82, 2.24) is 0 Å². The normalized spacial score (nSPS) is 19.2. The molecule has 1 N–H and O–H groups in total. The predicted molar refractivity (Wildman–Crippen MR) is 65.8 cm³/mol. The summed E-state index contributed by atoms with van der Waals surface area (Å²) in [5, 5.41) is 9.43. The van der Waals surface area contributed by atoms with Crippen LogP contribution in [0.3, 0.4) is 0 Å². The zero-order valence-corrected chi connectivity index (χ0v) is 10.0. The molecule has 1 saturated carbocycles. The molecule has 16 heavy (non-hydrogen) atoms. The molecule has 1 aliphatic rings. The van der Waals surface area contributed by atoms with Crippen LogP contribution in [0.25, 0.3) is 0 Å². The van der Waals surface area contributed by atoms with Crippen molar-refractivity contribution in [3.63, 3.8) is 0 Å². The number of hydrogen-bond acceptors (Lipinski definition) is 2. The first-order valence-corrected chi connectivity index (χ1v) is 6.52. The first-order valence-electron chi connectivity index (χ1n) is 5.70. The maximum absolute atomic E-state index is 11.5. The molecule has 1 aromatic carbocycles. The Kier molecular flexibility index (Phi) is 3.54. The van der Waals surface area contributed by atoms with Gasteiger partial charge in [0.05, 0.1) is 0 Å². The van der Waals surface area contributed by atoms with Gasteiger partial charge >= 0.3 is 5.97 Å². The number of hydrogen-bond donors (Lipinski definition) is 1. The Bertz CT molecular complexity index is 355. The topological polar surface area (TPSA) is 37.3 Å². The Morgan fingerprint density at radius 1 is 1.12 bits per heavy atom. The molecule has 0 bridgehead atoms. The minimum atomic E-state index is -0.652. The van der Waals surface area contributed by atoms with E-state index < -0.39 is 10.7 Å². The Hall–Kier alpha value is -0.960. The number of rotatable bonds is 3. The number of carboxylic acids is 1. The highest BCUT2D eigenvalue weighted by atomic mass is 32.2. The number of carbonyl (C=O) groups is 1. The van der Waals surface area contributed by atoms with Gasteiger partial charge in [-0.25, -0.2) is 0 Å². The highest BCUT2D eigenvalue weighted by molar-refractivity contribution is 8.01. The van der Waals surface area contributed by atoms with Crippen molar-refractivity contribution in [1.29, 1.82) is 0 Å². The molecule has 0 radical (unpaired) electrons. The lowest BCUT2D eigenvalue weighted by molar-refractivity contribution is -0.140. The Morgan fingerprint density at radius 3 is 2.31 bits per heavy atom. The van der Waals surface area contributed by atoms with E-state index >= 15 is 0 Å². The van der Waals surface area contributed by atoms with Crippen LogP contribution in [0.4, 0.5) is 0 Å². The molecule has 0 heterocycles. The number of thioether (sulfide) groups is 1. The van der Waals surface area contributed by atoms with Crippen LogP contribution in [0, 0.1) is 0 Å². The second-order valence-electron chi connectivity index (χ2n) is 4.28. The quantitative estimate of drug-likeness (QED) is 0.871. The average molecular weight is 236 g/mol. The monoisotopic (exact) mass is 236 g/mol. The molecule has 0 saturated heterocycles. The van der Waals surface area contributed by atoms with E-state index in [1.165, 1.54) is 18.2 Å². The van der Waals surface area contributed by atoms with Crippen LogP contribution in [0.5, 0.6) is 0 Å². The van der Waals surface area contributed by atoms with Gasteiger partial charge in [0.15, 0.2) is 0 Å². The molecule has 2 nitrogen and oxygen atoms in total. The van der Waals surface area contributed by atoms with Crippen LogP contribution in [-0.2, 0) is 4.79 Å². The third-order valence-corrected chi connectivity index (χ3v) is 4.59. The first-order chi connectivity index (χ1) is 7.73. The largest absolute Gasteiger partial charge is 0.480 e. The van der Waals surface area contributed by atoms with Crippen LogP contribution < -0.4 is 0 Å². The molecule has 0 spiro atoms. The van der Waals surface area contributed by atoms with Gasteiger partial charge in [-0.1, -0.05) is 37.5 Å². The van der Waals surface area contributed by atoms with Crippen molar-refractivity contribution in [3.05, 3.63) is 30.3 Å². The molecule has 0 aliphatic heterocycles. The Labute approximate surface area is 100 Å². The van der Waals surface area contributed by atoms with Gasteiger partial charge in [0, 0.05) is 4.90 Å². The summed E-state index contributed by atoms with van der Waals surface area (Å²) in [6.07, 6.45) is 4.83. The van der Waals surface area contributed by atoms with E-state index in [1.807, 2.05) is 30.3 Å². The Balaban J connectivity index is 2.17. The smallest absolute Gasteiger partial charge is 0.320 e. The van der Waals surface area contributed by atoms with Crippen LogP contribution in [0.2, 0.25) is 0 Å². The van der Waals surface area contributed by atoms with Crippen LogP contribution in [0.15, 0.2) is 35.2 Å². The molecular formula is C13H16O2S. The van der Waals surface area contributed by atoms with E-state index in [-0.39, 0.29) is 0 Å². The fraction of sp³-hybridized carbons (Fsp3) is 0.462. The van der Waals surface area contributed by atoms with Crippen molar-refractivity contribution >= 4 is 17.7 Å². The summed E-state index contributed by atoms with van der Waals surface area (Å²) in [5.74, 6) is -0.652. The van der Waals surface area contributed by atoms with Gasteiger partial charge in [-0.05, 0) is 25.0 Å². The van der Waals surface area contributed by atoms with E-state index in [2.05, 4.69) is 0 Å². The van der Waals surface area contributed by atoms with E-state index in [0.29, 0.717) is 0 Å². The van der Waals surface area contributed by atoms with Crippen molar-refractivity contribution in [2.24, 2.45) is 0 Å². The van der Waals surface area contributed by atoms with Gasteiger partial charge in [-0.2, -0.15) is 0 Å². The van der Waals surface area contributed by atoms with Crippen molar-refractivity contribution in [2.75, 3.05) is 0 Å². The van der Waals surface area contributed by atoms with Crippen molar-refractivity contribution in [2.45, 2.75) is 41.7 Å². The molecule has 3 heteroatoms. The van der Waals surface area contributed by atoms with E-state index in [9.17, 15) is 9.90 Å². The van der Waals surface area contributed by atoms with Crippen LogP contribution in [0.1, 0.15) is 32.1 Å². The molecule has 2 rings (SSSR count). The molecule has 0 aromatic heterocycles. The highest BCUT2D eigenvalue weighted by Gasteiger charge is 2.40. The summed E-state index contributed by atoms with van der Waals surface area (Å²) in [7, 11) is 0. The number of benzene rings is 1. The summed E-state index contributed by atoms with van der Waals surface area (Å²) in [5.41, 5.74) is 0. The lowest BCUT2D eigenvalue weighted by atomic mass is 9.88. The van der Waals surface area contributed by atoms with E-state index in [0.717, 1.165) is 30.6 Å². The molecule has 0 amide bonds. The third-order valence-electron chi connectivity index (χ3n) is 3.11. The Morgan fingerprint density at radius 2 is 1.75 bits per heavy atom. The standard InChI is InChI=1S/C13H16O2S/c14-12(15)13(9-5-2-6-10-13)16-11-7-3-1-4-8-11/h1,3-4,7-8H,2,5-6,9-10H2,(H,14,15). The van der Waals surface area contributed by atoms with Gasteiger partial charge in [0.25, 0.3) is 0 Å². The zero-order chi connectivity index (χ0) is 11.4. The second kappa shape index (κ2) is 4.91. The van der Waals surface area contributed by atoms with Crippen molar-refractivity contribution < 1.29 is 9.90 Å². The van der Waals surface area contributed by atoms with Crippen molar-refractivity contribution in [3.8, 4) is 0 Å². The predicted octanol–water partition coefficient (Wildman–Crippen LogP) is 3.57. The average Bonchev–Trinajstić information content (AvgIpc) is 2.31. The maximum Gasteiger partial charge on any atom is 0.320 e. The summed E-state index contributed by atoms with van der Waals surface area (Å²) in [6.45, 7) is 0. The lowest BCUT2D eigenvalue weighted by Crippen LogP contribution is -2.37. The summed E-state index contributed by atoms with van der Waals surface area (Å²) >= 11 is 1.52. The number of carboxylic acid groups (broad SMARTS) is 1. The molecule has 0 unspecified atom stereocenters. The van der Waals surface area contributed by atoms with E-state index in [1.54, 1.807) is 0 Å². The SMILES string of the molecule is O=C(O)C1(Sc2ccccc2)CCCCC1. The van der Waals surface area contributed by atoms with Gasteiger partial charge in [-0.3, -0.25) is 4.79 Å². The highest BCUT2D eigenvalue weighted by Crippen LogP contribution is 2.43. The lowest BCUT2D eigenvalue weighted by Gasteiger charge is -2.32. The number of aliphatic carboxylic acids is 1. The minimum absolute atomic E-state index is 0.584. The summed E-state index contributed by atoms with van der Waals surface area (Å²) in [4.78, 5) is 12.5. The molecule has 0 atom stereocenters. The van der Waals surface area contributed by atoms with E-state index in [4.69, 9.17) is 0 Å². The second-order valence-corrected chi connectivity index (χ2v) is 5.73. The van der Waals surface area contributed by atoms with Gasteiger partial charge in [0.2, 0.25) is 0 Å². The first kappa shape index (κ1) is 11.5. The molecule has 1 aliphatic carbocycles. The van der Waals surface area contributed by atoms with Gasteiger partial charge in [-0.15, -0.1) is 11.8 Å². The minimum Gasteiger partial charge on any atom is -0.480 e. The van der Waals surface area contributed by atoms with Gasteiger partial charge < -0.3 is 5.11 Å². The van der Waals surface area contributed by atoms with Crippen LogP contribution in [-0.4, -0.2) is 15.8 Å². The fourth-order valence-corrected chi connectivity index (χ4v) is 3.52. The van der Waals surface area contributed by atoms with Gasteiger partial charge in [0.1, 0.15) is 4.75 Å².